The van der Waals surface area contributed by atoms with E-state index >= 15 is 0 Å². The molecule has 3 nitrogen and oxygen atoms in total. The van der Waals surface area contributed by atoms with E-state index in [0.717, 1.165) is 4.77 Å². The van der Waals surface area contributed by atoms with Gasteiger partial charge in [-0.05, 0) is 38.0 Å². The van der Waals surface area contributed by atoms with Gasteiger partial charge in [0.15, 0.2) is 4.77 Å². The second-order valence-corrected chi connectivity index (χ2v) is 7.09. The van der Waals surface area contributed by atoms with Crippen molar-refractivity contribution >= 4 is 12.2 Å². The lowest BCUT2D eigenvalue weighted by molar-refractivity contribution is 0.283. The summed E-state index contributed by atoms with van der Waals surface area (Å²) in [5.74, 6) is 0. The van der Waals surface area contributed by atoms with E-state index in [1.54, 1.807) is 0 Å². The van der Waals surface area contributed by atoms with Crippen LogP contribution in [0.15, 0.2) is 6.20 Å². The molecule has 1 aromatic rings. The predicted octanol–water partition coefficient (Wildman–Crippen LogP) is 3.25. The van der Waals surface area contributed by atoms with Crippen LogP contribution in [0.25, 0.3) is 0 Å². The van der Waals surface area contributed by atoms with Crippen LogP contribution in [0, 0.1) is 4.77 Å². The first-order valence-corrected chi connectivity index (χ1v) is 7.44. The zero-order valence-corrected chi connectivity index (χ0v) is 12.4. The van der Waals surface area contributed by atoms with E-state index in [0.29, 0.717) is 12.1 Å². The van der Waals surface area contributed by atoms with Crippen LogP contribution in [0.5, 0.6) is 0 Å². The van der Waals surface area contributed by atoms with E-state index in [9.17, 15) is 0 Å². The second kappa shape index (κ2) is 4.20. The Balaban J connectivity index is 2.02. The number of nitrogens with zero attached hydrogens (tertiary/aromatic N) is 2. The van der Waals surface area contributed by atoms with Crippen molar-refractivity contribution in [1.29, 1.82) is 0 Å². The summed E-state index contributed by atoms with van der Waals surface area (Å²) in [6.07, 6.45) is 6.05. The van der Waals surface area contributed by atoms with Crippen LogP contribution in [-0.2, 0) is 5.41 Å². The average molecular weight is 265 g/mol. The molecule has 1 N–H and O–H groups in total. The number of rotatable bonds is 1. The fourth-order valence-electron chi connectivity index (χ4n) is 3.64. The van der Waals surface area contributed by atoms with Crippen molar-refractivity contribution < 1.29 is 0 Å². The number of imidazole rings is 1. The average Bonchev–Trinajstić information content (AvgIpc) is 2.90. The van der Waals surface area contributed by atoms with Gasteiger partial charge in [-0.2, -0.15) is 0 Å². The van der Waals surface area contributed by atoms with Gasteiger partial charge in [0.05, 0.1) is 6.04 Å². The smallest absolute Gasteiger partial charge is 0.177 e. The number of hydrogen-bond donors (Lipinski definition) is 1. The highest BCUT2D eigenvalue weighted by atomic mass is 32.1. The van der Waals surface area contributed by atoms with E-state index in [1.165, 1.54) is 38.0 Å². The lowest BCUT2D eigenvalue weighted by Gasteiger charge is -2.28. The fourth-order valence-corrected chi connectivity index (χ4v) is 3.94. The maximum absolute atomic E-state index is 5.53. The normalized spacial score (nSPS) is 28.8. The summed E-state index contributed by atoms with van der Waals surface area (Å²) in [5.41, 5.74) is 1.51. The summed E-state index contributed by atoms with van der Waals surface area (Å²) in [5, 5.41) is 0. The Labute approximate surface area is 114 Å². The molecule has 4 heteroatoms. The van der Waals surface area contributed by atoms with Crippen LogP contribution < -0.4 is 0 Å². The minimum Gasteiger partial charge on any atom is -0.337 e. The number of aromatic amines is 1. The van der Waals surface area contributed by atoms with Crippen molar-refractivity contribution in [3.05, 3.63) is 16.7 Å². The van der Waals surface area contributed by atoms with Gasteiger partial charge in [0.25, 0.3) is 0 Å². The largest absolute Gasteiger partial charge is 0.337 e. The first-order valence-electron chi connectivity index (χ1n) is 7.03. The van der Waals surface area contributed by atoms with Gasteiger partial charge in [0.1, 0.15) is 0 Å². The molecule has 0 saturated carbocycles. The second-order valence-electron chi connectivity index (χ2n) is 6.70. The van der Waals surface area contributed by atoms with E-state index in [1.807, 2.05) is 0 Å². The molecule has 100 valence electrons. The highest BCUT2D eigenvalue weighted by Crippen LogP contribution is 2.38. The van der Waals surface area contributed by atoms with Gasteiger partial charge in [0, 0.05) is 29.9 Å². The molecule has 2 fully saturated rings. The Bertz CT molecular complexity index is 494. The maximum Gasteiger partial charge on any atom is 0.177 e. The van der Waals surface area contributed by atoms with Gasteiger partial charge < -0.3 is 9.55 Å². The molecule has 3 heterocycles. The number of aromatic nitrogens is 2. The van der Waals surface area contributed by atoms with Crippen LogP contribution >= 0.6 is 12.2 Å². The third-order valence-electron chi connectivity index (χ3n) is 4.48. The molecule has 0 spiro atoms. The van der Waals surface area contributed by atoms with Crippen molar-refractivity contribution in [1.82, 2.24) is 14.5 Å². The summed E-state index contributed by atoms with van der Waals surface area (Å²) in [7, 11) is 0. The van der Waals surface area contributed by atoms with Gasteiger partial charge in [-0.3, -0.25) is 4.90 Å². The molecule has 2 saturated heterocycles. The summed E-state index contributed by atoms with van der Waals surface area (Å²) in [6.45, 7) is 9.32. The Hall–Kier alpha value is -0.610. The summed E-state index contributed by atoms with van der Waals surface area (Å²) < 4.78 is 3.31. The summed E-state index contributed by atoms with van der Waals surface area (Å²) >= 11 is 5.53. The number of H-pyrrole nitrogens is 1. The molecule has 18 heavy (non-hydrogen) atoms. The first kappa shape index (κ1) is 12.4. The van der Waals surface area contributed by atoms with E-state index in [2.05, 4.69) is 41.4 Å². The van der Waals surface area contributed by atoms with Gasteiger partial charge in [-0.15, -0.1) is 0 Å². The van der Waals surface area contributed by atoms with Gasteiger partial charge in [-0.1, -0.05) is 20.8 Å². The monoisotopic (exact) mass is 265 g/mol. The third kappa shape index (κ3) is 1.86. The zero-order chi connectivity index (χ0) is 12.9. The lowest BCUT2D eigenvalue weighted by atomic mass is 9.91. The minimum absolute atomic E-state index is 0.152. The van der Waals surface area contributed by atoms with Gasteiger partial charge in [-0.25, -0.2) is 0 Å². The molecule has 0 aliphatic carbocycles. The van der Waals surface area contributed by atoms with E-state index in [-0.39, 0.29) is 5.41 Å². The Morgan fingerprint density at radius 3 is 2.72 bits per heavy atom. The molecule has 2 atom stereocenters. The maximum atomic E-state index is 5.53. The van der Waals surface area contributed by atoms with Crippen LogP contribution in [0.4, 0.5) is 0 Å². The Morgan fingerprint density at radius 2 is 2.00 bits per heavy atom. The zero-order valence-electron chi connectivity index (χ0n) is 11.6. The van der Waals surface area contributed by atoms with Gasteiger partial charge in [0.2, 0.25) is 0 Å². The molecule has 2 unspecified atom stereocenters. The molecule has 2 aliphatic rings. The molecule has 0 aromatic carbocycles. The van der Waals surface area contributed by atoms with E-state index in [4.69, 9.17) is 12.2 Å². The highest BCUT2D eigenvalue weighted by molar-refractivity contribution is 7.71. The molecule has 0 radical (unpaired) electrons. The molecule has 1 aromatic heterocycles. The number of hydrogen-bond acceptors (Lipinski definition) is 2. The molecule has 0 amide bonds. The number of fused-ring (bicyclic) bond motifs is 1. The van der Waals surface area contributed by atoms with Crippen LogP contribution in [0.3, 0.4) is 0 Å². The molecular formula is C14H23N3S. The minimum atomic E-state index is 0.152. The fraction of sp³-hybridized carbons (Fsp3) is 0.786. The Kier molecular flexibility index (Phi) is 2.90. The topological polar surface area (TPSA) is 24.0 Å². The first-order chi connectivity index (χ1) is 8.48. The molecule has 2 aliphatic heterocycles. The van der Waals surface area contributed by atoms with Crippen LogP contribution in [0.1, 0.15) is 51.8 Å². The lowest BCUT2D eigenvalue weighted by Crippen LogP contribution is -2.30. The van der Waals surface area contributed by atoms with Crippen molar-refractivity contribution in [2.24, 2.45) is 0 Å². The number of nitrogens with one attached hydrogen (secondary N) is 1. The molecule has 3 rings (SSSR count). The quantitative estimate of drug-likeness (QED) is 0.788. The SMILES string of the molecule is CC(C)(C)c1c[nH]c(=S)n1C1CCN2CCCC12. The molecule has 0 bridgehead atoms. The van der Waals surface area contributed by atoms with Crippen LogP contribution in [0.2, 0.25) is 0 Å². The van der Waals surface area contributed by atoms with Crippen molar-refractivity contribution in [3.63, 3.8) is 0 Å². The Morgan fingerprint density at radius 1 is 1.22 bits per heavy atom. The standard InChI is InChI=1S/C14H23N3S/c1-14(2,3)12-9-15-13(18)17(12)11-6-8-16-7-4-5-10(11)16/h9-11H,4-8H2,1-3H3,(H,15,18). The van der Waals surface area contributed by atoms with E-state index < -0.39 is 0 Å². The summed E-state index contributed by atoms with van der Waals surface area (Å²) in [4.78, 5) is 5.90. The van der Waals surface area contributed by atoms with Crippen LogP contribution in [-0.4, -0.2) is 33.6 Å². The highest BCUT2D eigenvalue weighted by Gasteiger charge is 2.39. The summed E-state index contributed by atoms with van der Waals surface area (Å²) in [6, 6.07) is 1.30. The molecular weight excluding hydrogens is 242 g/mol. The van der Waals surface area contributed by atoms with Crippen molar-refractivity contribution in [2.75, 3.05) is 13.1 Å². The van der Waals surface area contributed by atoms with Crippen molar-refractivity contribution in [3.8, 4) is 0 Å². The predicted molar refractivity (Wildman–Crippen MR) is 76.6 cm³/mol. The third-order valence-corrected chi connectivity index (χ3v) is 4.80. The van der Waals surface area contributed by atoms with Crippen molar-refractivity contribution in [2.45, 2.75) is 57.5 Å². The van der Waals surface area contributed by atoms with Gasteiger partial charge >= 0.3 is 0 Å².